The summed E-state index contributed by atoms with van der Waals surface area (Å²) in [6.45, 7) is 3.57. The highest BCUT2D eigenvalue weighted by molar-refractivity contribution is 7.91. The van der Waals surface area contributed by atoms with Gasteiger partial charge in [-0.2, -0.15) is 0 Å². The van der Waals surface area contributed by atoms with E-state index in [0.717, 1.165) is 5.56 Å². The molecule has 1 aliphatic heterocycles. The van der Waals surface area contributed by atoms with E-state index in [4.69, 9.17) is 0 Å². The second-order valence-electron chi connectivity index (χ2n) is 6.33. The molecule has 2 aromatic rings. The molecule has 24 heavy (non-hydrogen) atoms. The average Bonchev–Trinajstić information content (AvgIpc) is 2.71. The number of anilines is 2. The molecule has 0 saturated heterocycles. The molecule has 126 valence electrons. The zero-order chi connectivity index (χ0) is 17.5. The van der Waals surface area contributed by atoms with Crippen molar-refractivity contribution in [2.24, 2.45) is 0 Å². The molecule has 0 atom stereocenters. The lowest BCUT2D eigenvalue weighted by Gasteiger charge is -2.16. The molecule has 0 bridgehead atoms. The number of halogens is 1. The molecule has 0 aliphatic carbocycles. The van der Waals surface area contributed by atoms with E-state index in [1.54, 1.807) is 32.0 Å². The van der Waals surface area contributed by atoms with Crippen LogP contribution in [-0.4, -0.2) is 14.3 Å². The minimum Gasteiger partial charge on any atom is -0.325 e. The van der Waals surface area contributed by atoms with E-state index in [1.165, 1.54) is 24.3 Å². The standard InChI is InChI=1S/C17H17FN2O3S/c1-17(2)14-9-13(7-8-15(14)19-16(17)21)20-24(22,23)10-11-3-5-12(18)6-4-11/h3-9,20H,10H2,1-2H3,(H,19,21). The Bertz CT molecular complexity index is 906. The van der Waals surface area contributed by atoms with Crippen LogP contribution < -0.4 is 10.0 Å². The van der Waals surface area contributed by atoms with Gasteiger partial charge in [0.25, 0.3) is 0 Å². The minimum absolute atomic E-state index is 0.121. The second-order valence-corrected chi connectivity index (χ2v) is 8.05. The van der Waals surface area contributed by atoms with Crippen LogP contribution in [0.15, 0.2) is 42.5 Å². The lowest BCUT2D eigenvalue weighted by atomic mass is 9.86. The summed E-state index contributed by atoms with van der Waals surface area (Å²) in [5.74, 6) is -0.795. The van der Waals surface area contributed by atoms with E-state index in [-0.39, 0.29) is 11.7 Å². The topological polar surface area (TPSA) is 75.3 Å². The first-order valence-corrected chi connectivity index (χ1v) is 9.03. The molecule has 3 rings (SSSR count). The monoisotopic (exact) mass is 348 g/mol. The van der Waals surface area contributed by atoms with Gasteiger partial charge in [0.15, 0.2) is 0 Å². The fraction of sp³-hybridized carbons (Fsp3) is 0.235. The third kappa shape index (κ3) is 3.12. The van der Waals surface area contributed by atoms with E-state index in [9.17, 15) is 17.6 Å². The van der Waals surface area contributed by atoms with Gasteiger partial charge in [0.2, 0.25) is 15.9 Å². The van der Waals surface area contributed by atoms with Crippen molar-refractivity contribution in [3.05, 3.63) is 59.4 Å². The Labute approximate surface area is 139 Å². The van der Waals surface area contributed by atoms with Crippen molar-refractivity contribution in [3.63, 3.8) is 0 Å². The molecule has 2 N–H and O–H groups in total. The largest absolute Gasteiger partial charge is 0.325 e. The van der Waals surface area contributed by atoms with E-state index < -0.39 is 21.3 Å². The normalized spacial score (nSPS) is 15.7. The molecule has 0 spiro atoms. The average molecular weight is 348 g/mol. The van der Waals surface area contributed by atoms with Gasteiger partial charge in [-0.25, -0.2) is 12.8 Å². The fourth-order valence-electron chi connectivity index (χ4n) is 2.65. The third-order valence-electron chi connectivity index (χ3n) is 4.05. The van der Waals surface area contributed by atoms with Crippen LogP contribution in [0.2, 0.25) is 0 Å². The summed E-state index contributed by atoms with van der Waals surface area (Å²) in [6.07, 6.45) is 0. The van der Waals surface area contributed by atoms with Crippen LogP contribution in [0.5, 0.6) is 0 Å². The quantitative estimate of drug-likeness (QED) is 0.892. The maximum absolute atomic E-state index is 12.9. The Hall–Kier alpha value is -2.41. The number of sulfonamides is 1. The molecular weight excluding hydrogens is 331 g/mol. The van der Waals surface area contributed by atoms with Crippen molar-refractivity contribution in [2.45, 2.75) is 25.0 Å². The number of carbonyl (C=O) groups excluding carboxylic acids is 1. The molecule has 2 aromatic carbocycles. The van der Waals surface area contributed by atoms with Crippen molar-refractivity contribution >= 4 is 27.3 Å². The van der Waals surface area contributed by atoms with Gasteiger partial charge in [-0.05, 0) is 55.3 Å². The van der Waals surface area contributed by atoms with Crippen LogP contribution in [0.1, 0.15) is 25.0 Å². The van der Waals surface area contributed by atoms with E-state index in [0.29, 0.717) is 16.9 Å². The highest BCUT2D eigenvalue weighted by atomic mass is 32.2. The SMILES string of the molecule is CC1(C)C(=O)Nc2ccc(NS(=O)(=O)Cc3ccc(F)cc3)cc21. The van der Waals surface area contributed by atoms with Gasteiger partial charge >= 0.3 is 0 Å². The summed E-state index contributed by atoms with van der Waals surface area (Å²) in [6, 6.07) is 10.3. The van der Waals surface area contributed by atoms with Gasteiger partial charge in [0.05, 0.1) is 11.2 Å². The molecule has 1 amide bonds. The first-order chi connectivity index (χ1) is 11.2. The molecule has 0 fully saturated rings. The fourth-order valence-corrected chi connectivity index (χ4v) is 3.84. The Morgan fingerprint density at radius 1 is 1.12 bits per heavy atom. The van der Waals surface area contributed by atoms with E-state index in [2.05, 4.69) is 10.0 Å². The molecule has 5 nitrogen and oxygen atoms in total. The third-order valence-corrected chi connectivity index (χ3v) is 5.31. The van der Waals surface area contributed by atoms with Crippen molar-refractivity contribution < 1.29 is 17.6 Å². The van der Waals surface area contributed by atoms with Crippen LogP contribution in [0.4, 0.5) is 15.8 Å². The van der Waals surface area contributed by atoms with Crippen LogP contribution in [0, 0.1) is 5.82 Å². The van der Waals surface area contributed by atoms with Crippen LogP contribution >= 0.6 is 0 Å². The van der Waals surface area contributed by atoms with Crippen molar-refractivity contribution in [1.82, 2.24) is 0 Å². The molecule has 7 heteroatoms. The number of fused-ring (bicyclic) bond motifs is 1. The predicted octanol–water partition coefficient (Wildman–Crippen LogP) is 3.00. The lowest BCUT2D eigenvalue weighted by Crippen LogP contribution is -2.27. The molecule has 0 saturated carbocycles. The van der Waals surface area contributed by atoms with E-state index >= 15 is 0 Å². The van der Waals surface area contributed by atoms with Crippen molar-refractivity contribution in [3.8, 4) is 0 Å². The molecular formula is C17H17FN2O3S. The smallest absolute Gasteiger partial charge is 0.236 e. The molecule has 0 unspecified atom stereocenters. The molecule has 0 radical (unpaired) electrons. The maximum atomic E-state index is 12.9. The minimum atomic E-state index is -3.65. The summed E-state index contributed by atoms with van der Waals surface area (Å²) in [7, 11) is -3.65. The Kier molecular flexibility index (Phi) is 3.83. The molecule has 1 aliphatic rings. The highest BCUT2D eigenvalue weighted by Gasteiger charge is 2.38. The van der Waals surface area contributed by atoms with Crippen molar-refractivity contribution in [2.75, 3.05) is 10.0 Å². The number of amides is 1. The number of hydrogen-bond acceptors (Lipinski definition) is 3. The number of carbonyl (C=O) groups is 1. The van der Waals surface area contributed by atoms with Gasteiger partial charge in [-0.1, -0.05) is 12.1 Å². The zero-order valence-corrected chi connectivity index (χ0v) is 14.1. The summed E-state index contributed by atoms with van der Waals surface area (Å²) in [5, 5.41) is 2.77. The van der Waals surface area contributed by atoms with Gasteiger partial charge in [-0.3, -0.25) is 9.52 Å². The summed E-state index contributed by atoms with van der Waals surface area (Å²) < 4.78 is 40.0. The number of rotatable bonds is 4. The van der Waals surface area contributed by atoms with Gasteiger partial charge < -0.3 is 5.32 Å². The zero-order valence-electron chi connectivity index (χ0n) is 13.3. The van der Waals surface area contributed by atoms with Gasteiger partial charge in [0, 0.05) is 11.4 Å². The van der Waals surface area contributed by atoms with Crippen LogP contribution in [0.3, 0.4) is 0 Å². The molecule has 0 aromatic heterocycles. The van der Waals surface area contributed by atoms with Crippen molar-refractivity contribution in [1.29, 1.82) is 0 Å². The Balaban J connectivity index is 1.82. The number of benzene rings is 2. The first-order valence-electron chi connectivity index (χ1n) is 7.38. The summed E-state index contributed by atoms with van der Waals surface area (Å²) >= 11 is 0. The summed E-state index contributed by atoms with van der Waals surface area (Å²) in [4.78, 5) is 11.9. The van der Waals surface area contributed by atoms with E-state index in [1.807, 2.05) is 0 Å². The van der Waals surface area contributed by atoms with Gasteiger partial charge in [-0.15, -0.1) is 0 Å². The maximum Gasteiger partial charge on any atom is 0.236 e. The summed E-state index contributed by atoms with van der Waals surface area (Å²) in [5.41, 5.74) is 1.59. The molecule has 1 heterocycles. The number of hydrogen-bond donors (Lipinski definition) is 2. The second kappa shape index (κ2) is 5.59. The lowest BCUT2D eigenvalue weighted by molar-refractivity contribution is -0.119. The Morgan fingerprint density at radius 2 is 1.79 bits per heavy atom. The van der Waals surface area contributed by atoms with Crippen LogP contribution in [-0.2, 0) is 26.0 Å². The first kappa shape index (κ1) is 16.4. The Morgan fingerprint density at radius 3 is 2.46 bits per heavy atom. The van der Waals surface area contributed by atoms with Crippen LogP contribution in [0.25, 0.3) is 0 Å². The highest BCUT2D eigenvalue weighted by Crippen LogP contribution is 2.38. The predicted molar refractivity (Wildman–Crippen MR) is 90.7 cm³/mol. The van der Waals surface area contributed by atoms with Gasteiger partial charge in [0.1, 0.15) is 5.82 Å². The number of nitrogens with one attached hydrogen (secondary N) is 2.